The quantitative estimate of drug-likeness (QED) is 0.326. The Morgan fingerprint density at radius 1 is 1.24 bits per heavy atom. The van der Waals surface area contributed by atoms with Crippen molar-refractivity contribution in [2.24, 2.45) is 11.3 Å². The van der Waals surface area contributed by atoms with Gasteiger partial charge in [-0.3, -0.25) is 9.69 Å². The second kappa shape index (κ2) is 16.1. The standard InChI is InChI=1S/C19H25N3O.C11H12FNO2.C2H6.CH4/c1-14-12-17(23-3)16(15-4-9-21-18(14)15)13-22-10-6-19(2,5-8-20)7-11-22;12-10-4-2-1-3-9(10)11(14)13-5-8-6-15-7-8;1-2;/h4,9,12,21H,5-7,10-11,13H2,1-3H3;1-4,8H,5-7H2,(H,13,14);1-2H3;1H4. The fraction of sp³-hybridized carbons (Fsp3) is 0.515. The van der Waals surface area contributed by atoms with E-state index in [1.54, 1.807) is 19.2 Å². The molecule has 3 heterocycles. The van der Waals surface area contributed by atoms with E-state index in [4.69, 9.17) is 14.7 Å². The molecule has 2 aliphatic heterocycles. The third-order valence-electron chi connectivity index (χ3n) is 7.66. The van der Waals surface area contributed by atoms with Gasteiger partial charge in [-0.05, 0) is 68.1 Å². The van der Waals surface area contributed by atoms with Gasteiger partial charge in [0, 0.05) is 48.1 Å². The van der Waals surface area contributed by atoms with Crippen molar-refractivity contribution in [2.45, 2.75) is 60.9 Å². The molecule has 3 aromatic rings. The fourth-order valence-electron chi connectivity index (χ4n) is 5.00. The fourth-order valence-corrected chi connectivity index (χ4v) is 5.00. The molecule has 0 spiro atoms. The zero-order chi connectivity index (χ0) is 29.1. The smallest absolute Gasteiger partial charge is 0.254 e. The summed E-state index contributed by atoms with van der Waals surface area (Å²) >= 11 is 0. The van der Waals surface area contributed by atoms with Gasteiger partial charge < -0.3 is 19.8 Å². The molecule has 0 saturated carbocycles. The molecule has 8 heteroatoms. The predicted octanol–water partition coefficient (Wildman–Crippen LogP) is 6.86. The van der Waals surface area contributed by atoms with Crippen molar-refractivity contribution in [3.63, 3.8) is 0 Å². The Bertz CT molecular complexity index is 1290. The van der Waals surface area contributed by atoms with Gasteiger partial charge in [-0.25, -0.2) is 4.39 Å². The first-order valence-electron chi connectivity index (χ1n) is 14.2. The largest absolute Gasteiger partial charge is 0.496 e. The zero-order valence-corrected chi connectivity index (χ0v) is 24.5. The summed E-state index contributed by atoms with van der Waals surface area (Å²) in [6.45, 7) is 13.2. The minimum atomic E-state index is -0.486. The van der Waals surface area contributed by atoms with E-state index in [-0.39, 0.29) is 24.3 Å². The highest BCUT2D eigenvalue weighted by Crippen LogP contribution is 2.36. The average molecular weight is 567 g/mol. The van der Waals surface area contributed by atoms with Gasteiger partial charge in [-0.15, -0.1) is 0 Å². The Morgan fingerprint density at radius 2 is 1.93 bits per heavy atom. The van der Waals surface area contributed by atoms with Crippen molar-refractivity contribution in [1.82, 2.24) is 15.2 Å². The first kappa shape index (κ1) is 33.8. The Labute approximate surface area is 245 Å². The van der Waals surface area contributed by atoms with Crippen molar-refractivity contribution >= 4 is 16.8 Å². The summed E-state index contributed by atoms with van der Waals surface area (Å²) in [5, 5.41) is 12.9. The lowest BCUT2D eigenvalue weighted by Crippen LogP contribution is -2.39. The van der Waals surface area contributed by atoms with E-state index in [9.17, 15) is 9.18 Å². The zero-order valence-electron chi connectivity index (χ0n) is 24.5. The maximum atomic E-state index is 13.2. The van der Waals surface area contributed by atoms with Crippen LogP contribution in [0, 0.1) is 35.4 Å². The second-order valence-electron chi connectivity index (χ2n) is 10.7. The molecule has 2 aliphatic rings. The molecular formula is C33H47FN4O3. The van der Waals surface area contributed by atoms with E-state index in [0.29, 0.717) is 32.1 Å². The number of aryl methyl sites for hydroxylation is 1. The number of fused-ring (bicyclic) bond motifs is 1. The normalized spacial score (nSPS) is 16.0. The van der Waals surface area contributed by atoms with Crippen LogP contribution in [0.15, 0.2) is 42.6 Å². The number of hydrogen-bond acceptors (Lipinski definition) is 5. The van der Waals surface area contributed by atoms with Gasteiger partial charge >= 0.3 is 0 Å². The van der Waals surface area contributed by atoms with Crippen molar-refractivity contribution in [3.8, 4) is 11.8 Å². The molecule has 0 radical (unpaired) electrons. The summed E-state index contributed by atoms with van der Waals surface area (Å²) in [6, 6.07) is 12.6. The lowest BCUT2D eigenvalue weighted by atomic mass is 9.78. The summed E-state index contributed by atoms with van der Waals surface area (Å²) in [6.07, 6.45) is 4.84. The van der Waals surface area contributed by atoms with Gasteiger partial charge in [0.2, 0.25) is 0 Å². The van der Waals surface area contributed by atoms with E-state index in [1.165, 1.54) is 34.2 Å². The molecule has 0 unspecified atom stereocenters. The van der Waals surface area contributed by atoms with E-state index in [0.717, 1.165) is 38.2 Å². The maximum absolute atomic E-state index is 13.2. The summed E-state index contributed by atoms with van der Waals surface area (Å²) in [5.74, 6) is 0.501. The van der Waals surface area contributed by atoms with E-state index in [2.05, 4.69) is 47.3 Å². The first-order valence-corrected chi connectivity index (χ1v) is 14.2. The summed E-state index contributed by atoms with van der Waals surface area (Å²) in [7, 11) is 1.75. The van der Waals surface area contributed by atoms with Gasteiger partial charge in [0.1, 0.15) is 11.6 Å². The molecular weight excluding hydrogens is 519 g/mol. The number of amides is 1. The highest BCUT2D eigenvalue weighted by molar-refractivity contribution is 5.94. The highest BCUT2D eigenvalue weighted by Gasteiger charge is 2.30. The number of methoxy groups -OCH3 is 1. The third-order valence-corrected chi connectivity index (χ3v) is 7.66. The Balaban J connectivity index is 0.000000284. The molecule has 224 valence electrons. The van der Waals surface area contributed by atoms with Crippen LogP contribution in [0.25, 0.3) is 10.9 Å². The molecule has 5 rings (SSSR count). The first-order chi connectivity index (χ1) is 19.3. The number of H-pyrrole nitrogens is 1. The molecule has 0 aliphatic carbocycles. The number of piperidine rings is 1. The van der Waals surface area contributed by atoms with Crippen molar-refractivity contribution in [2.75, 3.05) is 40.0 Å². The van der Waals surface area contributed by atoms with Gasteiger partial charge in [0.25, 0.3) is 5.91 Å². The van der Waals surface area contributed by atoms with Gasteiger partial charge in [0.05, 0.1) is 32.0 Å². The third kappa shape index (κ3) is 8.79. The van der Waals surface area contributed by atoms with Crippen LogP contribution >= 0.6 is 0 Å². The lowest BCUT2D eigenvalue weighted by molar-refractivity contribution is -0.0298. The van der Waals surface area contributed by atoms with Crippen molar-refractivity contribution in [3.05, 3.63) is 65.1 Å². The number of nitrogens with one attached hydrogen (secondary N) is 2. The van der Waals surface area contributed by atoms with Gasteiger partial charge in [0.15, 0.2) is 0 Å². The van der Waals surface area contributed by atoms with Crippen LogP contribution in [0.1, 0.15) is 68.9 Å². The molecule has 7 nitrogen and oxygen atoms in total. The van der Waals surface area contributed by atoms with Crippen molar-refractivity contribution in [1.29, 1.82) is 5.26 Å². The van der Waals surface area contributed by atoms with Crippen LogP contribution < -0.4 is 10.1 Å². The molecule has 2 fully saturated rings. The molecule has 0 atom stereocenters. The predicted molar refractivity (Wildman–Crippen MR) is 164 cm³/mol. The SMILES string of the molecule is C.CC.COc1cc(C)c2[nH]ccc2c1CN1CCC(C)(CC#N)CC1.O=C(NCC1COC1)c1ccccc1F. The number of hydrogen-bond donors (Lipinski definition) is 2. The van der Waals surface area contributed by atoms with Gasteiger partial charge in [-0.1, -0.05) is 40.3 Å². The lowest BCUT2D eigenvalue weighted by Gasteiger charge is -2.38. The number of carbonyl (C=O) groups excluding carboxylic acids is 1. The van der Waals surface area contributed by atoms with Crippen LogP contribution in [0.3, 0.4) is 0 Å². The van der Waals surface area contributed by atoms with E-state index >= 15 is 0 Å². The van der Waals surface area contributed by atoms with E-state index < -0.39 is 5.82 Å². The second-order valence-corrected chi connectivity index (χ2v) is 10.7. The number of likely N-dealkylation sites (tertiary alicyclic amines) is 1. The van der Waals surface area contributed by atoms with Crippen LogP contribution in [0.2, 0.25) is 0 Å². The number of carbonyl (C=O) groups is 1. The number of benzene rings is 2. The number of rotatable bonds is 7. The van der Waals surface area contributed by atoms with Gasteiger partial charge in [-0.2, -0.15) is 5.26 Å². The maximum Gasteiger partial charge on any atom is 0.254 e. The molecule has 1 aromatic heterocycles. The number of nitriles is 1. The number of nitrogens with zero attached hydrogens (tertiary/aromatic N) is 2. The average Bonchev–Trinajstić information content (AvgIpc) is 3.43. The topological polar surface area (TPSA) is 90.4 Å². The summed E-state index contributed by atoms with van der Waals surface area (Å²) in [5.41, 5.74) is 3.96. The van der Waals surface area contributed by atoms with Crippen molar-refractivity contribution < 1.29 is 18.7 Å². The van der Waals surface area contributed by atoms with Crippen LogP contribution in [0.5, 0.6) is 5.75 Å². The Morgan fingerprint density at radius 3 is 2.51 bits per heavy atom. The molecule has 2 N–H and O–H groups in total. The molecule has 2 saturated heterocycles. The Kier molecular flexibility index (Phi) is 13.3. The van der Waals surface area contributed by atoms with Crippen LogP contribution in [-0.2, 0) is 11.3 Å². The number of aromatic nitrogens is 1. The van der Waals surface area contributed by atoms with Crippen LogP contribution in [0.4, 0.5) is 4.39 Å². The number of aromatic amines is 1. The molecule has 1 amide bonds. The number of halogens is 1. The highest BCUT2D eigenvalue weighted by atomic mass is 19.1. The van der Waals surface area contributed by atoms with Crippen LogP contribution in [-0.4, -0.2) is 55.7 Å². The minimum Gasteiger partial charge on any atom is -0.496 e. The van der Waals surface area contributed by atoms with E-state index in [1.807, 2.05) is 20.0 Å². The summed E-state index contributed by atoms with van der Waals surface area (Å²) < 4.78 is 23.8. The number of ether oxygens (including phenoxy) is 2. The summed E-state index contributed by atoms with van der Waals surface area (Å²) in [4.78, 5) is 17.3. The molecule has 0 bridgehead atoms. The molecule has 41 heavy (non-hydrogen) atoms. The minimum absolute atomic E-state index is 0. The Hall–Kier alpha value is -3.41. The molecule has 2 aromatic carbocycles. The monoisotopic (exact) mass is 566 g/mol.